The Morgan fingerprint density at radius 3 is 3.14 bits per heavy atom. The van der Waals surface area contributed by atoms with Crippen molar-refractivity contribution in [2.24, 2.45) is 0 Å². The second-order valence-corrected chi connectivity index (χ2v) is 4.02. The fourth-order valence-corrected chi connectivity index (χ4v) is 1.87. The summed E-state index contributed by atoms with van der Waals surface area (Å²) in [6, 6.07) is 2.32. The molecule has 0 N–H and O–H groups in total. The first-order valence-electron chi connectivity index (χ1n) is 4.59. The molecule has 5 heteroatoms. The average Bonchev–Trinajstić information content (AvgIpc) is 2.65. The average molecular weight is 211 g/mol. The van der Waals surface area contributed by atoms with Crippen molar-refractivity contribution in [2.75, 3.05) is 25.1 Å². The molecule has 0 radical (unpaired) electrons. The third-order valence-corrected chi connectivity index (χ3v) is 2.71. The molecule has 1 atom stereocenters. The van der Waals surface area contributed by atoms with Crippen molar-refractivity contribution in [1.82, 2.24) is 9.97 Å². The van der Waals surface area contributed by atoms with Gasteiger partial charge in [0.15, 0.2) is 0 Å². The van der Waals surface area contributed by atoms with Crippen molar-refractivity contribution in [3.8, 4) is 6.01 Å². The summed E-state index contributed by atoms with van der Waals surface area (Å²) < 4.78 is 4.97. The summed E-state index contributed by atoms with van der Waals surface area (Å²) in [4.78, 5) is 10.4. The molecule has 1 fully saturated rings. The third-order valence-electron chi connectivity index (χ3n) is 2.29. The quantitative estimate of drug-likeness (QED) is 0.740. The van der Waals surface area contributed by atoms with Crippen molar-refractivity contribution < 1.29 is 4.74 Å². The topological polar surface area (TPSA) is 38.2 Å². The lowest BCUT2D eigenvalue weighted by Crippen LogP contribution is -2.21. The molecule has 1 aromatic heterocycles. The smallest absolute Gasteiger partial charge is 0.318 e. The monoisotopic (exact) mass is 211 g/mol. The Morgan fingerprint density at radius 1 is 1.64 bits per heavy atom. The summed E-state index contributed by atoms with van der Waals surface area (Å²) in [5.74, 6) is 0.924. The van der Waals surface area contributed by atoms with Crippen LogP contribution < -0.4 is 9.64 Å². The van der Waals surface area contributed by atoms with Gasteiger partial charge in [-0.15, -0.1) is 0 Å². The summed E-state index contributed by atoms with van der Waals surface area (Å²) in [7, 11) is 1.57. The van der Waals surface area contributed by atoms with Gasteiger partial charge in [-0.3, -0.25) is 0 Å². The van der Waals surface area contributed by atoms with Gasteiger partial charge < -0.3 is 9.64 Å². The van der Waals surface area contributed by atoms with E-state index < -0.39 is 0 Å². The molecule has 14 heavy (non-hydrogen) atoms. The van der Waals surface area contributed by atoms with Crippen LogP contribution in [0.15, 0.2) is 12.3 Å². The first-order chi connectivity index (χ1) is 6.79. The number of rotatable bonds is 2. The maximum atomic E-state index is 4.97. The fraction of sp³-hybridized carbons (Fsp3) is 0.556. The standard InChI is InChI=1S/C9H13N3OS/c1-13-9-10-4-2-8(11-9)12-5-3-7(14)6-12/h2,4,7,14H,3,5-6H2,1H3. The maximum Gasteiger partial charge on any atom is 0.318 e. The molecule has 0 bridgehead atoms. The largest absolute Gasteiger partial charge is 0.467 e. The van der Waals surface area contributed by atoms with Crippen LogP contribution in [0.3, 0.4) is 0 Å². The minimum atomic E-state index is 0.421. The molecular formula is C9H13N3OS. The highest BCUT2D eigenvalue weighted by Gasteiger charge is 2.20. The summed E-state index contributed by atoms with van der Waals surface area (Å²) >= 11 is 4.43. The van der Waals surface area contributed by atoms with Gasteiger partial charge in [0.05, 0.1) is 7.11 Å². The minimum absolute atomic E-state index is 0.421. The zero-order valence-corrected chi connectivity index (χ0v) is 8.94. The summed E-state index contributed by atoms with van der Waals surface area (Å²) in [6.45, 7) is 1.96. The van der Waals surface area contributed by atoms with E-state index in [0.29, 0.717) is 11.3 Å². The maximum absolute atomic E-state index is 4.97. The van der Waals surface area contributed by atoms with E-state index in [1.54, 1.807) is 13.3 Å². The summed E-state index contributed by atoms with van der Waals surface area (Å²) in [5.41, 5.74) is 0. The first kappa shape index (κ1) is 9.58. The lowest BCUT2D eigenvalue weighted by atomic mass is 10.4. The van der Waals surface area contributed by atoms with Crippen molar-refractivity contribution in [1.29, 1.82) is 0 Å². The molecule has 0 amide bonds. The number of hydrogen-bond acceptors (Lipinski definition) is 5. The van der Waals surface area contributed by atoms with Crippen molar-refractivity contribution >= 4 is 18.4 Å². The van der Waals surface area contributed by atoms with Crippen LogP contribution in [-0.4, -0.2) is 35.4 Å². The summed E-state index contributed by atoms with van der Waals surface area (Å²) in [6.07, 6.45) is 2.82. The van der Waals surface area contributed by atoms with Gasteiger partial charge in [0.25, 0.3) is 0 Å². The van der Waals surface area contributed by atoms with E-state index in [4.69, 9.17) is 4.74 Å². The van der Waals surface area contributed by atoms with Gasteiger partial charge in [-0.25, -0.2) is 4.98 Å². The lowest BCUT2D eigenvalue weighted by Gasteiger charge is -2.16. The Kier molecular flexibility index (Phi) is 2.77. The van der Waals surface area contributed by atoms with Crippen LogP contribution >= 0.6 is 12.6 Å². The van der Waals surface area contributed by atoms with E-state index >= 15 is 0 Å². The van der Waals surface area contributed by atoms with Gasteiger partial charge in [0, 0.05) is 24.5 Å². The molecule has 1 aliphatic heterocycles. The van der Waals surface area contributed by atoms with Gasteiger partial charge >= 0.3 is 6.01 Å². The van der Waals surface area contributed by atoms with Crippen LogP contribution in [0, 0.1) is 0 Å². The van der Waals surface area contributed by atoms with Gasteiger partial charge in [-0.05, 0) is 12.5 Å². The number of aromatic nitrogens is 2. The van der Waals surface area contributed by atoms with Crippen LogP contribution in [0.25, 0.3) is 0 Å². The molecular weight excluding hydrogens is 198 g/mol. The molecule has 0 saturated carbocycles. The van der Waals surface area contributed by atoms with E-state index in [2.05, 4.69) is 27.5 Å². The number of methoxy groups -OCH3 is 1. The molecule has 1 aromatic rings. The second-order valence-electron chi connectivity index (χ2n) is 3.29. The molecule has 1 saturated heterocycles. The van der Waals surface area contributed by atoms with E-state index in [0.717, 1.165) is 25.3 Å². The van der Waals surface area contributed by atoms with Crippen LogP contribution in [0.2, 0.25) is 0 Å². The molecule has 4 nitrogen and oxygen atoms in total. The van der Waals surface area contributed by atoms with Gasteiger partial charge in [0.1, 0.15) is 5.82 Å². The van der Waals surface area contributed by atoms with Crippen molar-refractivity contribution in [3.05, 3.63) is 12.3 Å². The normalized spacial score (nSPS) is 21.3. The highest BCUT2D eigenvalue weighted by molar-refractivity contribution is 7.81. The second kappa shape index (κ2) is 4.04. The Labute approximate surface area is 88.7 Å². The number of ether oxygens (including phenoxy) is 1. The van der Waals surface area contributed by atoms with Gasteiger partial charge in [-0.2, -0.15) is 17.6 Å². The molecule has 1 unspecified atom stereocenters. The van der Waals surface area contributed by atoms with Crippen molar-refractivity contribution in [3.63, 3.8) is 0 Å². The number of hydrogen-bond donors (Lipinski definition) is 1. The molecule has 0 aliphatic carbocycles. The Hall–Kier alpha value is -0.970. The molecule has 2 rings (SSSR count). The van der Waals surface area contributed by atoms with Crippen LogP contribution in [0.5, 0.6) is 6.01 Å². The third kappa shape index (κ3) is 1.92. The Bertz CT molecular complexity index is 321. The number of anilines is 1. The first-order valence-corrected chi connectivity index (χ1v) is 5.11. The van der Waals surface area contributed by atoms with E-state index in [1.165, 1.54) is 0 Å². The zero-order valence-electron chi connectivity index (χ0n) is 8.05. The van der Waals surface area contributed by atoms with E-state index in [9.17, 15) is 0 Å². The highest BCUT2D eigenvalue weighted by Crippen LogP contribution is 2.21. The summed E-state index contributed by atoms with van der Waals surface area (Å²) in [5, 5.41) is 0.455. The zero-order chi connectivity index (χ0) is 9.97. The van der Waals surface area contributed by atoms with E-state index in [-0.39, 0.29) is 0 Å². The Morgan fingerprint density at radius 2 is 2.50 bits per heavy atom. The van der Waals surface area contributed by atoms with Gasteiger partial charge in [0.2, 0.25) is 0 Å². The fourth-order valence-electron chi connectivity index (χ4n) is 1.56. The SMILES string of the molecule is COc1nccc(N2CCC(S)C2)n1. The van der Waals surface area contributed by atoms with Gasteiger partial charge in [-0.1, -0.05) is 0 Å². The van der Waals surface area contributed by atoms with E-state index in [1.807, 2.05) is 6.07 Å². The predicted molar refractivity (Wildman–Crippen MR) is 58.2 cm³/mol. The van der Waals surface area contributed by atoms with Crippen LogP contribution in [0.4, 0.5) is 5.82 Å². The minimum Gasteiger partial charge on any atom is -0.467 e. The molecule has 76 valence electrons. The Balaban J connectivity index is 2.15. The molecule has 0 aromatic carbocycles. The molecule has 1 aliphatic rings. The van der Waals surface area contributed by atoms with Crippen LogP contribution in [-0.2, 0) is 0 Å². The highest BCUT2D eigenvalue weighted by atomic mass is 32.1. The predicted octanol–water partition coefficient (Wildman–Crippen LogP) is 0.994. The van der Waals surface area contributed by atoms with Crippen LogP contribution in [0.1, 0.15) is 6.42 Å². The lowest BCUT2D eigenvalue weighted by molar-refractivity contribution is 0.380. The number of thiol groups is 1. The molecule has 0 spiro atoms. The molecule has 2 heterocycles. The number of nitrogens with zero attached hydrogens (tertiary/aromatic N) is 3. The van der Waals surface area contributed by atoms with Crippen molar-refractivity contribution in [2.45, 2.75) is 11.7 Å².